The van der Waals surface area contributed by atoms with Crippen LogP contribution in [0.3, 0.4) is 0 Å². The average molecular weight is 323 g/mol. The monoisotopic (exact) mass is 322 g/mol. The predicted molar refractivity (Wildman–Crippen MR) is 71.8 cm³/mol. The molecule has 0 bridgehead atoms. The lowest BCUT2D eigenvalue weighted by Crippen LogP contribution is -2.43. The van der Waals surface area contributed by atoms with Crippen molar-refractivity contribution in [3.05, 3.63) is 34.7 Å². The molecular weight excluding hydrogens is 312 g/mol. The molecule has 8 heteroatoms. The van der Waals surface area contributed by atoms with Crippen LogP contribution in [-0.4, -0.2) is 39.0 Å². The SMILES string of the molecule is O=C(Nc1ccc(Br)cn1)c1cn(C2CNC2)nn1. The van der Waals surface area contributed by atoms with E-state index in [0.717, 1.165) is 17.6 Å². The Morgan fingerprint density at radius 3 is 2.95 bits per heavy atom. The summed E-state index contributed by atoms with van der Waals surface area (Å²) in [6.07, 6.45) is 3.27. The minimum atomic E-state index is -0.312. The standard InChI is InChI=1S/C11H11BrN6O/c12-7-1-2-10(14-3-7)15-11(19)9-6-18(17-16-9)8-4-13-5-8/h1-3,6,8,13H,4-5H2,(H,14,15,19). The van der Waals surface area contributed by atoms with Gasteiger partial charge < -0.3 is 10.6 Å². The number of hydrogen-bond donors (Lipinski definition) is 2. The summed E-state index contributed by atoms with van der Waals surface area (Å²) in [7, 11) is 0. The summed E-state index contributed by atoms with van der Waals surface area (Å²) in [4.78, 5) is 16.0. The van der Waals surface area contributed by atoms with E-state index in [1.165, 1.54) is 0 Å². The van der Waals surface area contributed by atoms with E-state index in [-0.39, 0.29) is 11.6 Å². The van der Waals surface area contributed by atoms with Crippen LogP contribution in [0.4, 0.5) is 5.82 Å². The van der Waals surface area contributed by atoms with Gasteiger partial charge >= 0.3 is 0 Å². The molecule has 7 nitrogen and oxygen atoms in total. The number of rotatable bonds is 3. The van der Waals surface area contributed by atoms with Gasteiger partial charge in [0.15, 0.2) is 5.69 Å². The Balaban J connectivity index is 1.69. The van der Waals surface area contributed by atoms with Gasteiger partial charge in [-0.05, 0) is 28.1 Å². The Labute approximate surface area is 117 Å². The first-order valence-corrected chi connectivity index (χ1v) is 6.57. The molecule has 19 heavy (non-hydrogen) atoms. The van der Waals surface area contributed by atoms with Gasteiger partial charge in [0.25, 0.3) is 5.91 Å². The molecule has 2 N–H and O–H groups in total. The van der Waals surface area contributed by atoms with Gasteiger partial charge in [0, 0.05) is 23.8 Å². The van der Waals surface area contributed by atoms with E-state index in [1.54, 1.807) is 29.2 Å². The lowest BCUT2D eigenvalue weighted by molar-refractivity contribution is 0.102. The molecule has 0 atom stereocenters. The number of pyridine rings is 1. The third-order valence-electron chi connectivity index (χ3n) is 2.85. The van der Waals surface area contributed by atoms with Crippen LogP contribution >= 0.6 is 15.9 Å². The first-order chi connectivity index (χ1) is 9.22. The Morgan fingerprint density at radius 1 is 1.47 bits per heavy atom. The molecule has 1 aliphatic rings. The van der Waals surface area contributed by atoms with Crippen LogP contribution in [0.2, 0.25) is 0 Å². The Hall–Kier alpha value is -1.80. The summed E-state index contributed by atoms with van der Waals surface area (Å²) >= 11 is 3.28. The van der Waals surface area contributed by atoms with Crippen molar-refractivity contribution in [1.29, 1.82) is 0 Å². The molecule has 1 aliphatic heterocycles. The van der Waals surface area contributed by atoms with Crippen LogP contribution in [0, 0.1) is 0 Å². The number of carbonyl (C=O) groups is 1. The summed E-state index contributed by atoms with van der Waals surface area (Å²) in [6.45, 7) is 1.72. The van der Waals surface area contributed by atoms with E-state index < -0.39 is 0 Å². The van der Waals surface area contributed by atoms with Gasteiger partial charge in [0.1, 0.15) is 5.82 Å². The fourth-order valence-electron chi connectivity index (χ4n) is 1.65. The normalized spacial score (nSPS) is 15.0. The first-order valence-electron chi connectivity index (χ1n) is 5.78. The molecule has 0 spiro atoms. The summed E-state index contributed by atoms with van der Waals surface area (Å²) in [5.74, 6) is 0.168. The van der Waals surface area contributed by atoms with E-state index in [1.807, 2.05) is 0 Å². The van der Waals surface area contributed by atoms with Gasteiger partial charge in [-0.15, -0.1) is 5.10 Å². The first kappa shape index (κ1) is 12.2. The second-order valence-corrected chi connectivity index (χ2v) is 5.13. The minimum Gasteiger partial charge on any atom is -0.312 e. The van der Waals surface area contributed by atoms with E-state index in [4.69, 9.17) is 0 Å². The highest BCUT2D eigenvalue weighted by Crippen LogP contribution is 2.12. The molecule has 2 aromatic rings. The van der Waals surface area contributed by atoms with Crippen molar-refractivity contribution in [2.24, 2.45) is 0 Å². The molecule has 98 valence electrons. The fraction of sp³-hybridized carbons (Fsp3) is 0.273. The maximum Gasteiger partial charge on any atom is 0.278 e. The van der Waals surface area contributed by atoms with E-state index in [2.05, 4.69) is 41.9 Å². The van der Waals surface area contributed by atoms with Crippen LogP contribution in [0.1, 0.15) is 16.5 Å². The molecule has 0 radical (unpaired) electrons. The largest absolute Gasteiger partial charge is 0.312 e. The number of halogens is 1. The molecular formula is C11H11BrN6O. The van der Waals surface area contributed by atoms with Gasteiger partial charge in [-0.3, -0.25) is 4.79 Å². The Bertz CT molecular complexity index is 591. The average Bonchev–Trinajstić information content (AvgIpc) is 2.79. The predicted octanol–water partition coefficient (Wildman–Crippen LogP) is 0.832. The van der Waals surface area contributed by atoms with E-state index in [9.17, 15) is 4.79 Å². The minimum absolute atomic E-state index is 0.289. The number of amides is 1. The van der Waals surface area contributed by atoms with E-state index >= 15 is 0 Å². The highest BCUT2D eigenvalue weighted by atomic mass is 79.9. The third-order valence-corrected chi connectivity index (χ3v) is 3.32. The van der Waals surface area contributed by atoms with Crippen molar-refractivity contribution in [2.75, 3.05) is 18.4 Å². The molecule has 2 aromatic heterocycles. The van der Waals surface area contributed by atoms with Crippen molar-refractivity contribution in [3.8, 4) is 0 Å². The number of nitrogens with one attached hydrogen (secondary N) is 2. The third kappa shape index (κ3) is 2.64. The highest BCUT2D eigenvalue weighted by Gasteiger charge is 2.21. The van der Waals surface area contributed by atoms with Crippen LogP contribution in [0.25, 0.3) is 0 Å². The maximum atomic E-state index is 11.9. The molecule has 3 rings (SSSR count). The van der Waals surface area contributed by atoms with Gasteiger partial charge in [0.05, 0.1) is 12.2 Å². The second kappa shape index (κ2) is 5.06. The van der Waals surface area contributed by atoms with Crippen molar-refractivity contribution >= 4 is 27.7 Å². The zero-order chi connectivity index (χ0) is 13.2. The quantitative estimate of drug-likeness (QED) is 0.874. The van der Waals surface area contributed by atoms with Crippen molar-refractivity contribution < 1.29 is 4.79 Å². The van der Waals surface area contributed by atoms with Crippen molar-refractivity contribution in [2.45, 2.75) is 6.04 Å². The number of aromatic nitrogens is 4. The molecule has 0 aliphatic carbocycles. The Morgan fingerprint density at radius 2 is 2.32 bits per heavy atom. The van der Waals surface area contributed by atoms with Gasteiger partial charge in [-0.25, -0.2) is 9.67 Å². The maximum absolute atomic E-state index is 11.9. The van der Waals surface area contributed by atoms with Gasteiger partial charge in [0.2, 0.25) is 0 Å². The highest BCUT2D eigenvalue weighted by molar-refractivity contribution is 9.10. The number of nitrogens with zero attached hydrogens (tertiary/aromatic N) is 4. The Kier molecular flexibility index (Phi) is 3.26. The molecule has 1 amide bonds. The van der Waals surface area contributed by atoms with Gasteiger partial charge in [-0.1, -0.05) is 5.21 Å². The topological polar surface area (TPSA) is 84.7 Å². The van der Waals surface area contributed by atoms with Crippen molar-refractivity contribution in [3.63, 3.8) is 0 Å². The molecule has 1 saturated heterocycles. The van der Waals surface area contributed by atoms with E-state index in [0.29, 0.717) is 11.9 Å². The zero-order valence-electron chi connectivity index (χ0n) is 9.88. The van der Waals surface area contributed by atoms with Crippen LogP contribution in [0.15, 0.2) is 29.0 Å². The van der Waals surface area contributed by atoms with Crippen LogP contribution in [-0.2, 0) is 0 Å². The smallest absolute Gasteiger partial charge is 0.278 e. The lowest BCUT2D eigenvalue weighted by Gasteiger charge is -2.26. The molecule has 1 fully saturated rings. The summed E-state index contributed by atoms with van der Waals surface area (Å²) in [5, 5.41) is 13.6. The summed E-state index contributed by atoms with van der Waals surface area (Å²) in [5.41, 5.74) is 0.289. The molecule has 0 unspecified atom stereocenters. The molecule has 0 saturated carbocycles. The number of hydrogen-bond acceptors (Lipinski definition) is 5. The number of anilines is 1. The molecule has 0 aromatic carbocycles. The van der Waals surface area contributed by atoms with Crippen molar-refractivity contribution in [1.82, 2.24) is 25.3 Å². The zero-order valence-corrected chi connectivity index (χ0v) is 11.5. The summed E-state index contributed by atoms with van der Waals surface area (Å²) in [6, 6.07) is 3.81. The lowest BCUT2D eigenvalue weighted by atomic mass is 10.2. The van der Waals surface area contributed by atoms with Crippen LogP contribution in [0.5, 0.6) is 0 Å². The second-order valence-electron chi connectivity index (χ2n) is 4.21. The van der Waals surface area contributed by atoms with Crippen LogP contribution < -0.4 is 10.6 Å². The summed E-state index contributed by atoms with van der Waals surface area (Å²) < 4.78 is 2.56. The number of carbonyl (C=O) groups excluding carboxylic acids is 1. The molecule has 3 heterocycles. The van der Waals surface area contributed by atoms with Gasteiger partial charge in [-0.2, -0.15) is 0 Å². The fourth-order valence-corrected chi connectivity index (χ4v) is 1.88.